The van der Waals surface area contributed by atoms with Crippen molar-refractivity contribution in [3.8, 4) is 10.7 Å². The maximum atomic E-state index is 12.9. The molecule has 0 atom stereocenters. The molecule has 0 unspecified atom stereocenters. The van der Waals surface area contributed by atoms with Gasteiger partial charge >= 0.3 is 0 Å². The zero-order valence-corrected chi connectivity index (χ0v) is 15.7. The van der Waals surface area contributed by atoms with Crippen molar-refractivity contribution in [1.82, 2.24) is 19.9 Å². The molecular formula is C20H20N4OS. The summed E-state index contributed by atoms with van der Waals surface area (Å²) in [6, 6.07) is 6.43. The molecule has 0 fully saturated rings. The van der Waals surface area contributed by atoms with Gasteiger partial charge in [-0.05, 0) is 29.0 Å². The molecule has 0 N–H and O–H groups in total. The van der Waals surface area contributed by atoms with Crippen LogP contribution in [0.25, 0.3) is 10.7 Å². The molecule has 0 aliphatic carbocycles. The van der Waals surface area contributed by atoms with Gasteiger partial charge in [0.2, 0.25) is 0 Å². The van der Waals surface area contributed by atoms with E-state index in [1.165, 1.54) is 28.0 Å². The molecule has 0 saturated carbocycles. The van der Waals surface area contributed by atoms with E-state index in [1.54, 1.807) is 18.6 Å². The lowest BCUT2D eigenvalue weighted by Crippen LogP contribution is -2.36. The topological polar surface area (TPSA) is 59.0 Å². The SMILES string of the molecule is CC(C)c1cccc2c1CCN(C(=O)c1csc(-c3cnccn3)n1)C2. The van der Waals surface area contributed by atoms with Crippen molar-refractivity contribution in [3.63, 3.8) is 0 Å². The molecule has 3 heterocycles. The number of fused-ring (bicyclic) bond motifs is 1. The van der Waals surface area contributed by atoms with E-state index in [-0.39, 0.29) is 5.91 Å². The number of hydrogen-bond donors (Lipinski definition) is 0. The van der Waals surface area contributed by atoms with Crippen molar-refractivity contribution in [2.45, 2.75) is 32.7 Å². The number of benzene rings is 1. The minimum absolute atomic E-state index is 0.0167. The first-order chi connectivity index (χ1) is 12.6. The molecule has 0 bridgehead atoms. The lowest BCUT2D eigenvalue weighted by Gasteiger charge is -2.30. The van der Waals surface area contributed by atoms with E-state index in [0.717, 1.165) is 18.0 Å². The van der Waals surface area contributed by atoms with E-state index in [2.05, 4.69) is 47.0 Å². The minimum atomic E-state index is -0.0167. The Kier molecular flexibility index (Phi) is 4.51. The zero-order valence-electron chi connectivity index (χ0n) is 14.8. The van der Waals surface area contributed by atoms with Crippen LogP contribution in [0.3, 0.4) is 0 Å². The molecule has 1 aliphatic rings. The number of hydrogen-bond acceptors (Lipinski definition) is 5. The van der Waals surface area contributed by atoms with Crippen LogP contribution in [0.4, 0.5) is 0 Å². The second kappa shape index (κ2) is 6.96. The van der Waals surface area contributed by atoms with E-state index in [0.29, 0.717) is 23.9 Å². The molecule has 3 aromatic rings. The average Bonchev–Trinajstić information content (AvgIpc) is 3.17. The fourth-order valence-corrected chi connectivity index (χ4v) is 4.17. The standard InChI is InChI=1S/C20H20N4OS/c1-13(2)15-5-3-4-14-11-24(9-6-16(14)15)20(25)18-12-26-19(23-18)17-10-21-7-8-22-17/h3-5,7-8,10,12-13H,6,9,11H2,1-2H3. The van der Waals surface area contributed by atoms with Crippen LogP contribution in [0.1, 0.15) is 46.9 Å². The summed E-state index contributed by atoms with van der Waals surface area (Å²) in [5.41, 5.74) is 5.24. The quantitative estimate of drug-likeness (QED) is 0.707. The first-order valence-corrected chi connectivity index (χ1v) is 9.63. The van der Waals surface area contributed by atoms with Crippen LogP contribution in [-0.4, -0.2) is 32.3 Å². The predicted molar refractivity (Wildman–Crippen MR) is 102 cm³/mol. The molecule has 1 amide bonds. The van der Waals surface area contributed by atoms with Crippen LogP contribution in [0.5, 0.6) is 0 Å². The molecule has 2 aromatic heterocycles. The van der Waals surface area contributed by atoms with Gasteiger partial charge in [-0.1, -0.05) is 32.0 Å². The van der Waals surface area contributed by atoms with Crippen LogP contribution in [0, 0.1) is 0 Å². The van der Waals surface area contributed by atoms with Crippen LogP contribution in [-0.2, 0) is 13.0 Å². The largest absolute Gasteiger partial charge is 0.333 e. The number of aromatic nitrogens is 3. The Morgan fingerprint density at radius 3 is 2.92 bits per heavy atom. The van der Waals surface area contributed by atoms with Gasteiger partial charge in [-0.15, -0.1) is 11.3 Å². The highest BCUT2D eigenvalue weighted by molar-refractivity contribution is 7.13. The first kappa shape index (κ1) is 16.8. The number of amides is 1. The summed E-state index contributed by atoms with van der Waals surface area (Å²) in [6.45, 7) is 5.81. The Morgan fingerprint density at radius 2 is 2.15 bits per heavy atom. The van der Waals surface area contributed by atoms with Crippen LogP contribution in [0.15, 0.2) is 42.2 Å². The van der Waals surface area contributed by atoms with Crippen LogP contribution in [0.2, 0.25) is 0 Å². The molecule has 26 heavy (non-hydrogen) atoms. The van der Waals surface area contributed by atoms with Crippen molar-refractivity contribution in [3.05, 3.63) is 64.6 Å². The highest BCUT2D eigenvalue weighted by Gasteiger charge is 2.25. The smallest absolute Gasteiger partial charge is 0.273 e. The second-order valence-corrected chi connectivity index (χ2v) is 7.60. The van der Waals surface area contributed by atoms with Gasteiger partial charge in [-0.2, -0.15) is 0 Å². The van der Waals surface area contributed by atoms with Crippen LogP contribution < -0.4 is 0 Å². The van der Waals surface area contributed by atoms with Gasteiger partial charge in [0.1, 0.15) is 16.4 Å². The van der Waals surface area contributed by atoms with Crippen molar-refractivity contribution in [2.75, 3.05) is 6.54 Å². The third-order valence-corrected chi connectivity index (χ3v) is 5.58. The Bertz CT molecular complexity index is 936. The molecule has 132 valence electrons. The Labute approximate surface area is 156 Å². The van der Waals surface area contributed by atoms with E-state index in [1.807, 2.05) is 10.3 Å². The molecule has 1 aromatic carbocycles. The summed E-state index contributed by atoms with van der Waals surface area (Å²) >= 11 is 1.43. The summed E-state index contributed by atoms with van der Waals surface area (Å²) in [6.07, 6.45) is 5.82. The second-order valence-electron chi connectivity index (χ2n) is 6.74. The molecule has 5 nitrogen and oxygen atoms in total. The Balaban J connectivity index is 1.55. The summed E-state index contributed by atoms with van der Waals surface area (Å²) in [7, 11) is 0. The molecule has 1 aliphatic heterocycles. The highest BCUT2D eigenvalue weighted by Crippen LogP contribution is 2.29. The third kappa shape index (κ3) is 3.12. The van der Waals surface area contributed by atoms with E-state index >= 15 is 0 Å². The zero-order chi connectivity index (χ0) is 18.1. The third-order valence-electron chi connectivity index (χ3n) is 4.72. The lowest BCUT2D eigenvalue weighted by atomic mass is 9.89. The Morgan fingerprint density at radius 1 is 1.27 bits per heavy atom. The van der Waals surface area contributed by atoms with Gasteiger partial charge in [0.25, 0.3) is 5.91 Å². The predicted octanol–water partition coefficient (Wildman–Crippen LogP) is 3.92. The monoisotopic (exact) mass is 364 g/mol. The van der Waals surface area contributed by atoms with Gasteiger partial charge in [-0.25, -0.2) is 4.98 Å². The molecule has 0 saturated heterocycles. The van der Waals surface area contributed by atoms with E-state index in [9.17, 15) is 4.79 Å². The van der Waals surface area contributed by atoms with Crippen molar-refractivity contribution in [2.24, 2.45) is 0 Å². The van der Waals surface area contributed by atoms with Gasteiger partial charge in [-0.3, -0.25) is 14.8 Å². The van der Waals surface area contributed by atoms with Gasteiger partial charge in [0, 0.05) is 30.9 Å². The number of rotatable bonds is 3. The number of carbonyl (C=O) groups excluding carboxylic acids is 1. The van der Waals surface area contributed by atoms with Crippen molar-refractivity contribution in [1.29, 1.82) is 0 Å². The average molecular weight is 364 g/mol. The molecular weight excluding hydrogens is 344 g/mol. The van der Waals surface area contributed by atoms with E-state index < -0.39 is 0 Å². The van der Waals surface area contributed by atoms with Gasteiger partial charge < -0.3 is 4.90 Å². The summed E-state index contributed by atoms with van der Waals surface area (Å²) < 4.78 is 0. The van der Waals surface area contributed by atoms with Crippen molar-refractivity contribution >= 4 is 17.2 Å². The first-order valence-electron chi connectivity index (χ1n) is 8.75. The summed E-state index contributed by atoms with van der Waals surface area (Å²) in [5.74, 6) is 0.484. The molecule has 4 rings (SSSR count). The Hall–Kier alpha value is -2.60. The molecule has 0 radical (unpaired) electrons. The lowest BCUT2D eigenvalue weighted by molar-refractivity contribution is 0.0729. The number of thiazole rings is 1. The number of nitrogens with zero attached hydrogens (tertiary/aromatic N) is 4. The van der Waals surface area contributed by atoms with Crippen LogP contribution >= 0.6 is 11.3 Å². The van der Waals surface area contributed by atoms with Crippen molar-refractivity contribution < 1.29 is 4.79 Å². The molecule has 6 heteroatoms. The van der Waals surface area contributed by atoms with Gasteiger partial charge in [0.05, 0.1) is 6.20 Å². The summed E-state index contributed by atoms with van der Waals surface area (Å²) in [5, 5.41) is 2.54. The van der Waals surface area contributed by atoms with E-state index in [4.69, 9.17) is 0 Å². The fourth-order valence-electron chi connectivity index (χ4n) is 3.41. The summed E-state index contributed by atoms with van der Waals surface area (Å²) in [4.78, 5) is 27.6. The fraction of sp³-hybridized carbons (Fsp3) is 0.300. The number of carbonyl (C=O) groups is 1. The minimum Gasteiger partial charge on any atom is -0.333 e. The highest BCUT2D eigenvalue weighted by atomic mass is 32.1. The van der Waals surface area contributed by atoms with Gasteiger partial charge in [0.15, 0.2) is 0 Å². The normalized spacial score (nSPS) is 13.7. The molecule has 0 spiro atoms. The maximum Gasteiger partial charge on any atom is 0.273 e. The maximum absolute atomic E-state index is 12.9.